The molecule has 0 aliphatic heterocycles. The lowest BCUT2D eigenvalue weighted by molar-refractivity contribution is -0.137. The van der Waals surface area contributed by atoms with E-state index in [0.29, 0.717) is 22.6 Å². The van der Waals surface area contributed by atoms with Gasteiger partial charge in [0, 0.05) is 22.3 Å². The van der Waals surface area contributed by atoms with E-state index >= 15 is 0 Å². The Morgan fingerprint density at radius 1 is 0.909 bits per heavy atom. The van der Waals surface area contributed by atoms with Crippen LogP contribution in [0.1, 0.15) is 26.3 Å². The molecule has 1 aromatic heterocycles. The molecule has 0 unspecified atom stereocenters. The Bertz CT molecular complexity index is 1290. The van der Waals surface area contributed by atoms with Gasteiger partial charge in [-0.1, -0.05) is 30.3 Å². The number of rotatable bonds is 3. The molecule has 1 heterocycles. The summed E-state index contributed by atoms with van der Waals surface area (Å²) < 4.78 is 45.2. The molecule has 0 amide bonds. The van der Waals surface area contributed by atoms with Gasteiger partial charge in [0.25, 0.3) is 0 Å². The highest BCUT2D eigenvalue weighted by atomic mass is 19.4. The average Bonchev–Trinajstić information content (AvgIpc) is 3.12. The normalized spacial score (nSPS) is 12.1. The van der Waals surface area contributed by atoms with E-state index in [9.17, 15) is 18.0 Å². The van der Waals surface area contributed by atoms with Gasteiger partial charge in [0.1, 0.15) is 11.3 Å². The first-order chi connectivity index (χ1) is 15.5. The molecule has 4 aromatic rings. The van der Waals surface area contributed by atoms with E-state index in [0.717, 1.165) is 23.1 Å². The number of ether oxygens (including phenoxy) is 1. The summed E-state index contributed by atoms with van der Waals surface area (Å²) in [6.07, 6.45) is -5.02. The number of benzene rings is 3. The van der Waals surface area contributed by atoms with E-state index in [4.69, 9.17) is 4.74 Å². The Balaban J connectivity index is 1.75. The van der Waals surface area contributed by atoms with E-state index in [2.05, 4.69) is 10.4 Å². The lowest BCUT2D eigenvalue weighted by Gasteiger charge is -2.19. The second kappa shape index (κ2) is 8.27. The van der Waals surface area contributed by atoms with Crippen LogP contribution in [-0.4, -0.2) is 21.5 Å². The van der Waals surface area contributed by atoms with Crippen molar-refractivity contribution in [3.63, 3.8) is 0 Å². The van der Waals surface area contributed by atoms with Crippen molar-refractivity contribution in [3.05, 3.63) is 78.4 Å². The molecule has 0 aliphatic rings. The largest absolute Gasteiger partial charge is 0.442 e. The summed E-state index contributed by atoms with van der Waals surface area (Å²) in [4.78, 5) is 12.9. The molecule has 0 aliphatic carbocycles. The molecule has 4 rings (SSSR count). The summed E-state index contributed by atoms with van der Waals surface area (Å²) in [5.74, 6) is 0. The van der Waals surface area contributed by atoms with Gasteiger partial charge in [-0.3, -0.25) is 0 Å². The number of hydrogen-bond acceptors (Lipinski definition) is 4. The number of nitrogens with one attached hydrogen (secondary N) is 1. The van der Waals surface area contributed by atoms with Crippen LogP contribution in [-0.2, 0) is 10.9 Å². The molecule has 3 aromatic carbocycles. The zero-order chi connectivity index (χ0) is 23.8. The first-order valence-corrected chi connectivity index (χ1v) is 10.3. The number of halogens is 3. The van der Waals surface area contributed by atoms with Crippen molar-refractivity contribution in [2.45, 2.75) is 32.5 Å². The van der Waals surface area contributed by atoms with Crippen LogP contribution in [0.2, 0.25) is 0 Å². The number of carbonyl (C=O) groups excluding carboxylic acids is 1. The standard InChI is InChI=1S/C25H22F3N3O2/c1-24(2,3)33-23(32)31-21-15-19(29-18-11-9-17(10-12-18)25(26,27)28)13-14-20(21)22(30-31)16-7-5-4-6-8-16/h4-15,29H,1-3H3. The quantitative estimate of drug-likeness (QED) is 0.355. The number of fused-ring (bicyclic) bond motifs is 1. The fourth-order valence-electron chi connectivity index (χ4n) is 3.36. The third kappa shape index (κ3) is 5.00. The third-order valence-electron chi connectivity index (χ3n) is 4.80. The van der Waals surface area contributed by atoms with Crippen LogP contribution < -0.4 is 5.32 Å². The summed E-state index contributed by atoms with van der Waals surface area (Å²) in [5, 5.41) is 8.34. The molecule has 0 atom stereocenters. The summed E-state index contributed by atoms with van der Waals surface area (Å²) in [6.45, 7) is 5.31. The molecule has 5 nitrogen and oxygen atoms in total. The monoisotopic (exact) mass is 453 g/mol. The molecule has 0 radical (unpaired) electrons. The van der Waals surface area contributed by atoms with Gasteiger partial charge in [-0.05, 0) is 63.2 Å². The average molecular weight is 453 g/mol. The number of aromatic nitrogens is 2. The minimum absolute atomic E-state index is 0.481. The molecule has 8 heteroatoms. The maximum Gasteiger partial charge on any atom is 0.435 e. The van der Waals surface area contributed by atoms with Crippen molar-refractivity contribution >= 4 is 28.4 Å². The van der Waals surface area contributed by atoms with Gasteiger partial charge >= 0.3 is 12.3 Å². The van der Waals surface area contributed by atoms with Gasteiger partial charge in [-0.15, -0.1) is 0 Å². The Morgan fingerprint density at radius 2 is 1.55 bits per heavy atom. The van der Waals surface area contributed by atoms with Gasteiger partial charge in [0.15, 0.2) is 0 Å². The van der Waals surface area contributed by atoms with Crippen molar-refractivity contribution < 1.29 is 22.7 Å². The van der Waals surface area contributed by atoms with Crippen LogP contribution in [0.5, 0.6) is 0 Å². The van der Waals surface area contributed by atoms with Gasteiger partial charge in [0.05, 0.1) is 11.1 Å². The van der Waals surface area contributed by atoms with Crippen LogP contribution >= 0.6 is 0 Å². The highest BCUT2D eigenvalue weighted by Gasteiger charge is 2.30. The first kappa shape index (κ1) is 22.4. The second-order valence-corrected chi connectivity index (χ2v) is 8.54. The maximum atomic E-state index is 12.9. The molecule has 0 spiro atoms. The Labute approximate surface area is 188 Å². The predicted molar refractivity (Wildman–Crippen MR) is 122 cm³/mol. The Kier molecular flexibility index (Phi) is 5.61. The lowest BCUT2D eigenvalue weighted by Crippen LogP contribution is -2.27. The van der Waals surface area contributed by atoms with Crippen LogP contribution in [0.3, 0.4) is 0 Å². The van der Waals surface area contributed by atoms with Crippen LogP contribution in [0.25, 0.3) is 22.2 Å². The number of nitrogens with zero attached hydrogens (tertiary/aromatic N) is 2. The molecule has 1 N–H and O–H groups in total. The van der Waals surface area contributed by atoms with Gasteiger partial charge < -0.3 is 10.1 Å². The Hall–Kier alpha value is -3.81. The number of anilines is 2. The smallest absolute Gasteiger partial charge is 0.435 e. The van der Waals surface area contributed by atoms with Crippen LogP contribution in [0, 0.1) is 0 Å². The fourth-order valence-corrected chi connectivity index (χ4v) is 3.36. The molecule has 170 valence electrons. The minimum atomic E-state index is -4.40. The number of carbonyl (C=O) groups is 1. The highest BCUT2D eigenvalue weighted by molar-refractivity contribution is 5.99. The summed E-state index contributed by atoms with van der Waals surface area (Å²) in [7, 11) is 0. The summed E-state index contributed by atoms with van der Waals surface area (Å²) in [5.41, 5.74) is 1.61. The van der Waals surface area contributed by atoms with Crippen molar-refractivity contribution in [3.8, 4) is 11.3 Å². The molecular weight excluding hydrogens is 431 g/mol. The second-order valence-electron chi connectivity index (χ2n) is 8.54. The molecular formula is C25H22F3N3O2. The van der Waals surface area contributed by atoms with E-state index in [-0.39, 0.29) is 0 Å². The third-order valence-corrected chi connectivity index (χ3v) is 4.80. The highest BCUT2D eigenvalue weighted by Crippen LogP contribution is 2.33. The SMILES string of the molecule is CC(C)(C)OC(=O)n1nc(-c2ccccc2)c2ccc(Nc3ccc(C(F)(F)F)cc3)cc21. The van der Waals surface area contributed by atoms with Crippen molar-refractivity contribution in [2.24, 2.45) is 0 Å². The molecule has 0 fully saturated rings. The molecule has 33 heavy (non-hydrogen) atoms. The van der Waals surface area contributed by atoms with E-state index in [1.807, 2.05) is 36.4 Å². The Morgan fingerprint density at radius 3 is 2.15 bits per heavy atom. The van der Waals surface area contributed by atoms with Gasteiger partial charge in [0.2, 0.25) is 0 Å². The van der Waals surface area contributed by atoms with E-state index in [1.54, 1.807) is 32.9 Å². The molecule has 0 saturated carbocycles. The molecule has 0 saturated heterocycles. The minimum Gasteiger partial charge on any atom is -0.442 e. The van der Waals surface area contributed by atoms with Crippen LogP contribution in [0.4, 0.5) is 29.3 Å². The summed E-state index contributed by atoms with van der Waals surface area (Å²) in [6, 6.07) is 19.5. The van der Waals surface area contributed by atoms with Crippen molar-refractivity contribution in [2.75, 3.05) is 5.32 Å². The lowest BCUT2D eigenvalue weighted by atomic mass is 10.1. The van der Waals surface area contributed by atoms with Crippen molar-refractivity contribution in [1.82, 2.24) is 9.78 Å². The van der Waals surface area contributed by atoms with Crippen LogP contribution in [0.15, 0.2) is 72.8 Å². The number of alkyl halides is 3. The van der Waals surface area contributed by atoms with E-state index < -0.39 is 23.4 Å². The van der Waals surface area contributed by atoms with Gasteiger partial charge in [-0.25, -0.2) is 4.79 Å². The van der Waals surface area contributed by atoms with E-state index in [1.165, 1.54) is 16.8 Å². The predicted octanol–water partition coefficient (Wildman–Crippen LogP) is 7.25. The van der Waals surface area contributed by atoms with Crippen molar-refractivity contribution in [1.29, 1.82) is 0 Å². The number of hydrogen-bond donors (Lipinski definition) is 1. The van der Waals surface area contributed by atoms with Gasteiger partial charge in [-0.2, -0.15) is 23.0 Å². The fraction of sp³-hybridized carbons (Fsp3) is 0.200. The zero-order valence-corrected chi connectivity index (χ0v) is 18.3. The molecule has 0 bridgehead atoms. The topological polar surface area (TPSA) is 56.2 Å². The first-order valence-electron chi connectivity index (χ1n) is 10.3. The maximum absolute atomic E-state index is 12.9. The summed E-state index contributed by atoms with van der Waals surface area (Å²) >= 11 is 0. The zero-order valence-electron chi connectivity index (χ0n) is 18.3.